The van der Waals surface area contributed by atoms with Crippen LogP contribution < -0.4 is 10.7 Å². The van der Waals surface area contributed by atoms with E-state index in [0.717, 1.165) is 4.88 Å². The van der Waals surface area contributed by atoms with Crippen LogP contribution in [-0.4, -0.2) is 17.9 Å². The molecule has 0 saturated heterocycles. The summed E-state index contributed by atoms with van der Waals surface area (Å²) >= 11 is 6.56. The van der Waals surface area contributed by atoms with Gasteiger partial charge in [-0.15, -0.1) is 17.9 Å². The van der Waals surface area contributed by atoms with Gasteiger partial charge in [0.1, 0.15) is 0 Å². The van der Waals surface area contributed by atoms with E-state index in [2.05, 4.69) is 22.4 Å². The number of rotatable bonds is 4. The summed E-state index contributed by atoms with van der Waals surface area (Å²) in [6.07, 6.45) is 3.46. The number of thiophene rings is 1. The molecule has 0 aliphatic rings. The van der Waals surface area contributed by atoms with Gasteiger partial charge in [-0.3, -0.25) is 5.43 Å². The van der Waals surface area contributed by atoms with Gasteiger partial charge in [-0.05, 0) is 23.7 Å². The predicted molar refractivity (Wildman–Crippen MR) is 65.8 cm³/mol. The summed E-state index contributed by atoms with van der Waals surface area (Å²) in [5, 5.41) is 9.36. The van der Waals surface area contributed by atoms with E-state index in [4.69, 9.17) is 12.2 Å². The molecule has 74 valence electrons. The van der Waals surface area contributed by atoms with Crippen LogP contribution in [0.4, 0.5) is 0 Å². The van der Waals surface area contributed by atoms with Crippen molar-refractivity contribution in [3.63, 3.8) is 0 Å². The third-order valence-corrected chi connectivity index (χ3v) is 2.35. The number of nitrogens with one attached hydrogen (secondary N) is 2. The third-order valence-electron chi connectivity index (χ3n) is 1.31. The fraction of sp³-hybridized carbons (Fsp3) is 0.111. The van der Waals surface area contributed by atoms with Crippen molar-refractivity contribution in [1.82, 2.24) is 10.7 Å². The largest absolute Gasteiger partial charge is 0.358 e. The fourth-order valence-corrected chi connectivity index (χ4v) is 1.44. The quantitative estimate of drug-likeness (QED) is 0.355. The van der Waals surface area contributed by atoms with Crippen LogP contribution in [0.3, 0.4) is 0 Å². The zero-order chi connectivity index (χ0) is 10.2. The number of nitrogens with zero attached hydrogens (tertiary/aromatic N) is 1. The van der Waals surface area contributed by atoms with Crippen LogP contribution in [0.5, 0.6) is 0 Å². The second-order valence-corrected chi connectivity index (χ2v) is 3.77. The van der Waals surface area contributed by atoms with Crippen LogP contribution in [0.25, 0.3) is 0 Å². The van der Waals surface area contributed by atoms with Crippen LogP contribution in [0.2, 0.25) is 0 Å². The molecule has 0 atom stereocenters. The number of hydrazone groups is 1. The molecule has 0 radical (unpaired) electrons. The Morgan fingerprint density at radius 3 is 3.21 bits per heavy atom. The van der Waals surface area contributed by atoms with E-state index in [0.29, 0.717) is 11.7 Å². The van der Waals surface area contributed by atoms with Crippen molar-refractivity contribution in [3.8, 4) is 0 Å². The topological polar surface area (TPSA) is 36.4 Å². The lowest BCUT2D eigenvalue weighted by Gasteiger charge is -2.02. The first-order valence-corrected chi connectivity index (χ1v) is 5.33. The van der Waals surface area contributed by atoms with E-state index in [-0.39, 0.29) is 0 Å². The molecule has 2 N–H and O–H groups in total. The van der Waals surface area contributed by atoms with Crippen molar-refractivity contribution < 1.29 is 0 Å². The monoisotopic (exact) mass is 225 g/mol. The Labute approximate surface area is 92.5 Å². The first-order chi connectivity index (χ1) is 6.83. The maximum Gasteiger partial charge on any atom is 0.187 e. The summed E-state index contributed by atoms with van der Waals surface area (Å²) in [7, 11) is 0. The van der Waals surface area contributed by atoms with E-state index in [9.17, 15) is 0 Å². The Bertz CT molecular complexity index is 317. The van der Waals surface area contributed by atoms with E-state index in [1.807, 2.05) is 17.5 Å². The Morgan fingerprint density at radius 1 is 1.71 bits per heavy atom. The standard InChI is InChI=1S/C9H11N3S2/c1-2-5-10-9(13)12-11-7-8-4-3-6-14-8/h2-4,6-7H,1,5H2,(H2,10,12,13)/b11-7+. The summed E-state index contributed by atoms with van der Waals surface area (Å²) in [5.41, 5.74) is 2.70. The van der Waals surface area contributed by atoms with Crippen molar-refractivity contribution in [2.24, 2.45) is 5.10 Å². The molecule has 1 heterocycles. The second-order valence-electron chi connectivity index (χ2n) is 2.38. The molecule has 1 aromatic heterocycles. The van der Waals surface area contributed by atoms with Crippen molar-refractivity contribution in [1.29, 1.82) is 0 Å². The highest BCUT2D eigenvalue weighted by Gasteiger charge is 1.89. The minimum atomic E-state index is 0.498. The summed E-state index contributed by atoms with van der Waals surface area (Å²) in [6.45, 7) is 4.21. The summed E-state index contributed by atoms with van der Waals surface area (Å²) in [6, 6.07) is 3.95. The van der Waals surface area contributed by atoms with E-state index in [1.165, 1.54) is 0 Å². The second kappa shape index (κ2) is 6.28. The maximum atomic E-state index is 4.93. The lowest BCUT2D eigenvalue weighted by molar-refractivity contribution is 0.942. The van der Waals surface area contributed by atoms with Gasteiger partial charge in [0.05, 0.1) is 6.21 Å². The summed E-state index contributed by atoms with van der Waals surface area (Å²) in [5.74, 6) is 0. The van der Waals surface area contributed by atoms with Gasteiger partial charge in [-0.1, -0.05) is 12.1 Å². The zero-order valence-corrected chi connectivity index (χ0v) is 9.20. The first-order valence-electron chi connectivity index (χ1n) is 4.04. The maximum absolute atomic E-state index is 4.93. The molecule has 14 heavy (non-hydrogen) atoms. The highest BCUT2D eigenvalue weighted by molar-refractivity contribution is 7.80. The lowest BCUT2D eigenvalue weighted by atomic mass is 10.5. The van der Waals surface area contributed by atoms with Gasteiger partial charge in [-0.25, -0.2) is 0 Å². The molecule has 0 aliphatic heterocycles. The molecule has 0 bridgehead atoms. The normalized spacial score (nSPS) is 10.0. The van der Waals surface area contributed by atoms with E-state index < -0.39 is 0 Å². The fourth-order valence-electron chi connectivity index (χ4n) is 0.724. The molecule has 0 unspecified atom stereocenters. The van der Waals surface area contributed by atoms with Gasteiger partial charge in [0.2, 0.25) is 0 Å². The molecule has 1 aromatic rings. The highest BCUT2D eigenvalue weighted by atomic mass is 32.1. The highest BCUT2D eigenvalue weighted by Crippen LogP contribution is 2.03. The molecule has 0 saturated carbocycles. The van der Waals surface area contributed by atoms with Crippen LogP contribution in [0.1, 0.15) is 4.88 Å². The molecule has 0 fully saturated rings. The SMILES string of the molecule is C=CCNC(=S)N/N=C/c1cccs1. The predicted octanol–water partition coefficient (Wildman–Crippen LogP) is 1.73. The molecule has 0 spiro atoms. The smallest absolute Gasteiger partial charge is 0.187 e. The molecule has 0 amide bonds. The Balaban J connectivity index is 2.26. The van der Waals surface area contributed by atoms with Crippen molar-refractivity contribution in [2.75, 3.05) is 6.54 Å². The number of hydrogen-bond donors (Lipinski definition) is 2. The Kier molecular flexibility index (Phi) is 4.88. The van der Waals surface area contributed by atoms with Crippen LogP contribution in [-0.2, 0) is 0 Å². The molecule has 0 aliphatic carbocycles. The molecular weight excluding hydrogens is 214 g/mol. The van der Waals surface area contributed by atoms with Crippen molar-refractivity contribution >= 4 is 34.9 Å². The Morgan fingerprint density at radius 2 is 2.57 bits per heavy atom. The number of thiocarbonyl (C=S) groups is 1. The van der Waals surface area contributed by atoms with Gasteiger partial charge < -0.3 is 5.32 Å². The van der Waals surface area contributed by atoms with Gasteiger partial charge >= 0.3 is 0 Å². The van der Waals surface area contributed by atoms with Gasteiger partial charge in [0, 0.05) is 11.4 Å². The Hall–Kier alpha value is -1.20. The van der Waals surface area contributed by atoms with Crippen LogP contribution >= 0.6 is 23.6 Å². The molecular formula is C9H11N3S2. The van der Waals surface area contributed by atoms with Crippen LogP contribution in [0.15, 0.2) is 35.3 Å². The average Bonchev–Trinajstić information content (AvgIpc) is 2.67. The lowest BCUT2D eigenvalue weighted by Crippen LogP contribution is -2.31. The molecule has 5 heteroatoms. The molecule has 3 nitrogen and oxygen atoms in total. The van der Waals surface area contributed by atoms with Gasteiger partial charge in [-0.2, -0.15) is 5.10 Å². The minimum absolute atomic E-state index is 0.498. The minimum Gasteiger partial charge on any atom is -0.358 e. The zero-order valence-electron chi connectivity index (χ0n) is 7.56. The third kappa shape index (κ3) is 4.15. The van der Waals surface area contributed by atoms with Crippen molar-refractivity contribution in [3.05, 3.63) is 35.0 Å². The number of hydrogen-bond acceptors (Lipinski definition) is 3. The van der Waals surface area contributed by atoms with Crippen molar-refractivity contribution in [2.45, 2.75) is 0 Å². The summed E-state index contributed by atoms with van der Waals surface area (Å²) < 4.78 is 0. The molecule has 0 aromatic carbocycles. The summed E-state index contributed by atoms with van der Waals surface area (Å²) in [4.78, 5) is 1.09. The first kappa shape index (κ1) is 10.9. The van der Waals surface area contributed by atoms with Gasteiger partial charge in [0.15, 0.2) is 5.11 Å². The molecule has 1 rings (SSSR count). The van der Waals surface area contributed by atoms with E-state index >= 15 is 0 Å². The van der Waals surface area contributed by atoms with Crippen LogP contribution in [0, 0.1) is 0 Å². The van der Waals surface area contributed by atoms with E-state index in [1.54, 1.807) is 23.6 Å². The van der Waals surface area contributed by atoms with Gasteiger partial charge in [0.25, 0.3) is 0 Å². The average molecular weight is 225 g/mol.